The number of hydrogen-bond acceptors (Lipinski definition) is 2. The Balaban J connectivity index is 2.06. The van der Waals surface area contributed by atoms with E-state index in [-0.39, 0.29) is 0 Å². The molecule has 0 radical (unpaired) electrons. The summed E-state index contributed by atoms with van der Waals surface area (Å²) in [5.41, 5.74) is 1.55. The Morgan fingerprint density at radius 3 is 2.63 bits per heavy atom. The largest absolute Gasteiger partial charge is 0.323 e. The minimum absolute atomic E-state index is 0.414. The van der Waals surface area contributed by atoms with Gasteiger partial charge in [-0.1, -0.05) is 29.8 Å². The lowest BCUT2D eigenvalue weighted by Crippen LogP contribution is -2.19. The highest BCUT2D eigenvalue weighted by molar-refractivity contribution is 6.33. The van der Waals surface area contributed by atoms with E-state index < -0.39 is 6.03 Å². The van der Waals surface area contributed by atoms with Crippen LogP contribution in [0.5, 0.6) is 0 Å². The first kappa shape index (κ1) is 12.9. The summed E-state index contributed by atoms with van der Waals surface area (Å²) in [6.07, 6.45) is 0. The molecular formula is C14H10ClN3O. The monoisotopic (exact) mass is 271 g/mol. The summed E-state index contributed by atoms with van der Waals surface area (Å²) < 4.78 is 0. The Hall–Kier alpha value is -2.51. The normalized spacial score (nSPS) is 9.47. The predicted molar refractivity (Wildman–Crippen MR) is 75.3 cm³/mol. The third kappa shape index (κ3) is 3.47. The van der Waals surface area contributed by atoms with E-state index in [2.05, 4.69) is 10.6 Å². The first-order valence-corrected chi connectivity index (χ1v) is 5.89. The van der Waals surface area contributed by atoms with E-state index in [0.29, 0.717) is 22.0 Å². The number of carbonyl (C=O) groups is 1. The van der Waals surface area contributed by atoms with Crippen molar-refractivity contribution in [1.29, 1.82) is 5.26 Å². The summed E-state index contributed by atoms with van der Waals surface area (Å²) in [6.45, 7) is 0. The van der Waals surface area contributed by atoms with Crippen LogP contribution in [0.3, 0.4) is 0 Å². The molecule has 4 nitrogen and oxygen atoms in total. The van der Waals surface area contributed by atoms with Crippen molar-refractivity contribution in [3.63, 3.8) is 0 Å². The summed E-state index contributed by atoms with van der Waals surface area (Å²) in [6, 6.07) is 15.2. The Kier molecular flexibility index (Phi) is 4.01. The first-order valence-electron chi connectivity index (χ1n) is 5.52. The van der Waals surface area contributed by atoms with Crippen molar-refractivity contribution in [2.24, 2.45) is 0 Å². The number of nitrogens with zero attached hydrogens (tertiary/aromatic N) is 1. The van der Waals surface area contributed by atoms with Gasteiger partial charge in [0.25, 0.3) is 0 Å². The minimum atomic E-state index is -0.414. The van der Waals surface area contributed by atoms with Crippen LogP contribution in [0, 0.1) is 11.3 Å². The molecule has 2 aromatic carbocycles. The van der Waals surface area contributed by atoms with Gasteiger partial charge in [0.05, 0.1) is 22.3 Å². The number of amides is 2. The van der Waals surface area contributed by atoms with Gasteiger partial charge in [0.2, 0.25) is 0 Å². The lowest BCUT2D eigenvalue weighted by Gasteiger charge is -2.08. The lowest BCUT2D eigenvalue weighted by molar-refractivity contribution is 0.262. The van der Waals surface area contributed by atoms with Crippen molar-refractivity contribution < 1.29 is 4.79 Å². The maximum Gasteiger partial charge on any atom is 0.323 e. The fourth-order valence-electron chi connectivity index (χ4n) is 1.51. The van der Waals surface area contributed by atoms with Crippen molar-refractivity contribution in [3.8, 4) is 6.07 Å². The van der Waals surface area contributed by atoms with Gasteiger partial charge in [0.15, 0.2) is 0 Å². The summed E-state index contributed by atoms with van der Waals surface area (Å²) in [5, 5.41) is 14.5. The smallest absolute Gasteiger partial charge is 0.308 e. The minimum Gasteiger partial charge on any atom is -0.308 e. The molecule has 0 aliphatic rings. The van der Waals surface area contributed by atoms with Crippen LogP contribution in [-0.4, -0.2) is 6.03 Å². The second-order valence-corrected chi connectivity index (χ2v) is 4.16. The number of urea groups is 1. The number of hydrogen-bond donors (Lipinski definition) is 2. The third-order valence-corrected chi connectivity index (χ3v) is 2.70. The van der Waals surface area contributed by atoms with Crippen molar-refractivity contribution in [1.82, 2.24) is 0 Å². The van der Waals surface area contributed by atoms with Crippen molar-refractivity contribution in [2.75, 3.05) is 10.6 Å². The molecule has 0 spiro atoms. The zero-order chi connectivity index (χ0) is 13.7. The van der Waals surface area contributed by atoms with Gasteiger partial charge in [-0.15, -0.1) is 0 Å². The van der Waals surface area contributed by atoms with E-state index in [0.717, 1.165) is 0 Å². The average Bonchev–Trinajstić information content (AvgIpc) is 2.41. The standard InChI is InChI=1S/C14H10ClN3O/c15-12-6-1-2-7-13(12)18-14(19)17-11-5-3-4-10(8-11)9-16/h1-8H,(H2,17,18,19). The zero-order valence-electron chi connectivity index (χ0n) is 9.85. The molecule has 0 heterocycles. The van der Waals surface area contributed by atoms with Gasteiger partial charge in [0, 0.05) is 5.69 Å². The predicted octanol–water partition coefficient (Wildman–Crippen LogP) is 3.86. The van der Waals surface area contributed by atoms with E-state index in [1.807, 2.05) is 6.07 Å². The Morgan fingerprint density at radius 1 is 1.11 bits per heavy atom. The average molecular weight is 272 g/mol. The van der Waals surface area contributed by atoms with Gasteiger partial charge in [-0.25, -0.2) is 4.79 Å². The number of nitrogens with one attached hydrogen (secondary N) is 2. The Labute approximate surface area is 115 Å². The fourth-order valence-corrected chi connectivity index (χ4v) is 1.70. The second-order valence-electron chi connectivity index (χ2n) is 3.75. The van der Waals surface area contributed by atoms with E-state index in [1.165, 1.54) is 0 Å². The van der Waals surface area contributed by atoms with Crippen molar-refractivity contribution in [3.05, 3.63) is 59.1 Å². The zero-order valence-corrected chi connectivity index (χ0v) is 10.6. The van der Waals surface area contributed by atoms with E-state index in [4.69, 9.17) is 16.9 Å². The number of carbonyl (C=O) groups excluding carboxylic acids is 1. The van der Waals surface area contributed by atoms with Gasteiger partial charge >= 0.3 is 6.03 Å². The molecule has 0 unspecified atom stereocenters. The van der Waals surface area contributed by atoms with Crippen LogP contribution in [0.25, 0.3) is 0 Å². The molecule has 94 valence electrons. The number of anilines is 2. The molecule has 0 saturated carbocycles. The van der Waals surface area contributed by atoms with Crippen LogP contribution in [0.2, 0.25) is 5.02 Å². The van der Waals surface area contributed by atoms with E-state index >= 15 is 0 Å². The Morgan fingerprint density at radius 2 is 1.89 bits per heavy atom. The van der Waals surface area contributed by atoms with Crippen LogP contribution in [0.4, 0.5) is 16.2 Å². The third-order valence-electron chi connectivity index (χ3n) is 2.37. The van der Waals surface area contributed by atoms with Gasteiger partial charge in [-0.2, -0.15) is 5.26 Å². The topological polar surface area (TPSA) is 64.9 Å². The molecule has 0 aliphatic heterocycles. The van der Waals surface area contributed by atoms with Crippen LogP contribution in [0.15, 0.2) is 48.5 Å². The van der Waals surface area contributed by atoms with Gasteiger partial charge < -0.3 is 10.6 Å². The molecule has 2 amide bonds. The molecule has 2 rings (SSSR count). The molecule has 19 heavy (non-hydrogen) atoms. The summed E-state index contributed by atoms with van der Waals surface area (Å²) in [4.78, 5) is 11.8. The fraction of sp³-hybridized carbons (Fsp3) is 0. The van der Waals surface area contributed by atoms with Gasteiger partial charge in [-0.05, 0) is 30.3 Å². The lowest BCUT2D eigenvalue weighted by atomic mass is 10.2. The van der Waals surface area contributed by atoms with E-state index in [1.54, 1.807) is 48.5 Å². The number of benzene rings is 2. The molecule has 0 bridgehead atoms. The van der Waals surface area contributed by atoms with Crippen LogP contribution in [0.1, 0.15) is 5.56 Å². The van der Waals surface area contributed by atoms with Crippen LogP contribution < -0.4 is 10.6 Å². The van der Waals surface area contributed by atoms with Gasteiger partial charge in [0.1, 0.15) is 0 Å². The van der Waals surface area contributed by atoms with Crippen LogP contribution in [-0.2, 0) is 0 Å². The molecule has 0 fully saturated rings. The SMILES string of the molecule is N#Cc1cccc(NC(=O)Nc2ccccc2Cl)c1. The molecule has 0 aromatic heterocycles. The highest BCUT2D eigenvalue weighted by Crippen LogP contribution is 2.20. The van der Waals surface area contributed by atoms with Crippen LogP contribution >= 0.6 is 11.6 Å². The molecule has 0 saturated heterocycles. The maximum absolute atomic E-state index is 11.8. The molecule has 5 heteroatoms. The maximum atomic E-state index is 11.8. The number of para-hydroxylation sites is 1. The highest BCUT2D eigenvalue weighted by Gasteiger charge is 2.05. The number of nitriles is 1. The number of rotatable bonds is 2. The molecule has 2 N–H and O–H groups in total. The quantitative estimate of drug-likeness (QED) is 0.871. The molecule has 2 aromatic rings. The molecule has 0 atom stereocenters. The summed E-state index contributed by atoms with van der Waals surface area (Å²) in [5.74, 6) is 0. The molecule has 0 aliphatic carbocycles. The highest BCUT2D eigenvalue weighted by atomic mass is 35.5. The van der Waals surface area contributed by atoms with E-state index in [9.17, 15) is 4.79 Å². The Bertz CT molecular complexity index is 649. The molecular weight excluding hydrogens is 262 g/mol. The first-order chi connectivity index (χ1) is 9.19. The number of halogens is 1. The van der Waals surface area contributed by atoms with Crippen molar-refractivity contribution in [2.45, 2.75) is 0 Å². The second kappa shape index (κ2) is 5.89. The summed E-state index contributed by atoms with van der Waals surface area (Å²) >= 11 is 5.93. The van der Waals surface area contributed by atoms with Crippen molar-refractivity contribution >= 4 is 29.0 Å². The summed E-state index contributed by atoms with van der Waals surface area (Å²) in [7, 11) is 0. The van der Waals surface area contributed by atoms with Gasteiger partial charge in [-0.3, -0.25) is 0 Å².